The van der Waals surface area contributed by atoms with Gasteiger partial charge >= 0.3 is 0 Å². The first kappa shape index (κ1) is 16.4. The van der Waals surface area contributed by atoms with Crippen LogP contribution in [0.25, 0.3) is 0 Å². The van der Waals surface area contributed by atoms with E-state index in [4.69, 9.17) is 4.74 Å². The Kier molecular flexibility index (Phi) is 4.94. The Morgan fingerprint density at radius 2 is 1.78 bits per heavy atom. The molecular weight excluding hydrogens is 330 g/mol. The van der Waals surface area contributed by atoms with Crippen molar-refractivity contribution >= 4 is 21.8 Å². The third-order valence-electron chi connectivity index (χ3n) is 3.90. The van der Waals surface area contributed by atoms with Crippen LogP contribution in [0.1, 0.15) is 10.8 Å². The third kappa shape index (κ3) is 3.54. The summed E-state index contributed by atoms with van der Waals surface area (Å²) in [4.78, 5) is 0.317. The smallest absolute Gasteiger partial charge is 0.243 e. The van der Waals surface area contributed by atoms with Gasteiger partial charge in [0.1, 0.15) is 5.75 Å². The molecule has 1 atom stereocenters. The van der Waals surface area contributed by atoms with Crippen LogP contribution >= 0.6 is 11.8 Å². The van der Waals surface area contributed by atoms with Crippen LogP contribution in [0.2, 0.25) is 0 Å². The molecule has 0 aliphatic carbocycles. The highest BCUT2D eigenvalue weighted by Crippen LogP contribution is 2.35. The topological polar surface area (TPSA) is 46.6 Å². The van der Waals surface area contributed by atoms with Crippen molar-refractivity contribution in [2.45, 2.75) is 10.1 Å². The van der Waals surface area contributed by atoms with Crippen LogP contribution in [0, 0.1) is 0 Å². The van der Waals surface area contributed by atoms with Gasteiger partial charge < -0.3 is 4.74 Å². The minimum Gasteiger partial charge on any atom is -0.497 e. The number of methoxy groups -OCH3 is 1. The van der Waals surface area contributed by atoms with Crippen LogP contribution in [0.4, 0.5) is 0 Å². The molecule has 0 aromatic heterocycles. The summed E-state index contributed by atoms with van der Waals surface area (Å²) in [6.45, 7) is 1.05. The lowest BCUT2D eigenvalue weighted by molar-refractivity contribution is 0.413. The zero-order chi connectivity index (χ0) is 16.3. The largest absolute Gasteiger partial charge is 0.497 e. The molecule has 2 aromatic carbocycles. The van der Waals surface area contributed by atoms with Crippen molar-refractivity contribution < 1.29 is 13.2 Å². The molecule has 0 radical (unpaired) electrons. The Morgan fingerprint density at radius 3 is 2.43 bits per heavy atom. The zero-order valence-corrected chi connectivity index (χ0v) is 14.5. The molecule has 6 heteroatoms. The van der Waals surface area contributed by atoms with Crippen molar-refractivity contribution in [3.8, 4) is 5.75 Å². The van der Waals surface area contributed by atoms with Gasteiger partial charge in [-0.15, -0.1) is 0 Å². The number of hydrogen-bond acceptors (Lipinski definition) is 4. The lowest BCUT2D eigenvalue weighted by Gasteiger charge is -2.31. The van der Waals surface area contributed by atoms with Gasteiger partial charge in [0.05, 0.1) is 12.0 Å². The minimum absolute atomic E-state index is 0.179. The van der Waals surface area contributed by atoms with E-state index in [1.165, 1.54) is 5.56 Å². The van der Waals surface area contributed by atoms with E-state index in [2.05, 4.69) is 12.1 Å². The van der Waals surface area contributed by atoms with Crippen LogP contribution < -0.4 is 4.74 Å². The molecule has 0 saturated carbocycles. The minimum atomic E-state index is -3.46. The number of rotatable bonds is 4. The van der Waals surface area contributed by atoms with Crippen molar-refractivity contribution in [3.05, 3.63) is 60.2 Å². The molecule has 1 aliphatic rings. The van der Waals surface area contributed by atoms with E-state index < -0.39 is 10.0 Å². The summed E-state index contributed by atoms with van der Waals surface area (Å²) < 4.78 is 32.4. The summed E-state index contributed by atoms with van der Waals surface area (Å²) in [5, 5.41) is 0.179. The Hall–Kier alpha value is -1.50. The summed E-state index contributed by atoms with van der Waals surface area (Å²) >= 11 is 1.81. The Balaban J connectivity index is 1.81. The van der Waals surface area contributed by atoms with Crippen molar-refractivity contribution in [1.82, 2.24) is 4.31 Å². The molecule has 2 aromatic rings. The molecule has 1 fully saturated rings. The van der Waals surface area contributed by atoms with Crippen LogP contribution in [0.15, 0.2) is 59.5 Å². The van der Waals surface area contributed by atoms with E-state index in [-0.39, 0.29) is 5.25 Å². The molecule has 23 heavy (non-hydrogen) atoms. The van der Waals surface area contributed by atoms with E-state index in [0.717, 1.165) is 5.75 Å². The van der Waals surface area contributed by atoms with Crippen LogP contribution in [0.5, 0.6) is 5.75 Å². The number of hydrogen-bond donors (Lipinski definition) is 0. The summed E-state index contributed by atoms with van der Waals surface area (Å²) in [6, 6.07) is 16.6. The Morgan fingerprint density at radius 1 is 1.09 bits per heavy atom. The lowest BCUT2D eigenvalue weighted by atomic mass is 10.1. The van der Waals surface area contributed by atoms with Crippen molar-refractivity contribution in [1.29, 1.82) is 0 Å². The predicted octanol–water partition coefficient (Wildman–Crippen LogP) is 3.17. The van der Waals surface area contributed by atoms with E-state index >= 15 is 0 Å². The summed E-state index contributed by atoms with van der Waals surface area (Å²) in [5.41, 5.74) is 1.17. The Labute approximate surface area is 141 Å². The van der Waals surface area contributed by atoms with Crippen molar-refractivity contribution in [3.63, 3.8) is 0 Å². The summed E-state index contributed by atoms with van der Waals surface area (Å²) in [7, 11) is -1.90. The first-order valence-electron chi connectivity index (χ1n) is 7.42. The quantitative estimate of drug-likeness (QED) is 0.851. The maximum atomic E-state index is 12.8. The van der Waals surface area contributed by atoms with Gasteiger partial charge in [-0.05, 0) is 29.8 Å². The summed E-state index contributed by atoms with van der Waals surface area (Å²) in [6.07, 6.45) is 0. The number of thioether (sulfide) groups is 1. The van der Waals surface area contributed by atoms with Gasteiger partial charge in [0.25, 0.3) is 0 Å². The van der Waals surface area contributed by atoms with E-state index in [1.807, 2.05) is 30.0 Å². The second-order valence-electron chi connectivity index (χ2n) is 5.31. The SMILES string of the molecule is COc1ccc(S(=O)(=O)N2CCSC(c3ccccc3)C2)cc1. The number of benzene rings is 2. The highest BCUT2D eigenvalue weighted by atomic mass is 32.2. The molecule has 0 amide bonds. The fourth-order valence-corrected chi connectivity index (χ4v) is 5.52. The van der Waals surface area contributed by atoms with Gasteiger partial charge in [-0.1, -0.05) is 30.3 Å². The average Bonchev–Trinajstić information content (AvgIpc) is 2.62. The van der Waals surface area contributed by atoms with Crippen LogP contribution in [-0.4, -0.2) is 38.7 Å². The third-order valence-corrected chi connectivity index (χ3v) is 7.02. The summed E-state index contributed by atoms with van der Waals surface area (Å²) in [5.74, 6) is 1.45. The van der Waals surface area contributed by atoms with Gasteiger partial charge in [0.15, 0.2) is 0 Å². The van der Waals surface area contributed by atoms with Gasteiger partial charge in [-0.25, -0.2) is 8.42 Å². The molecule has 0 spiro atoms. The molecular formula is C17H19NO3S2. The number of ether oxygens (including phenoxy) is 1. The van der Waals surface area contributed by atoms with Gasteiger partial charge in [0.2, 0.25) is 10.0 Å². The fraction of sp³-hybridized carbons (Fsp3) is 0.294. The van der Waals surface area contributed by atoms with Gasteiger partial charge in [-0.2, -0.15) is 16.1 Å². The van der Waals surface area contributed by atoms with Crippen LogP contribution in [0.3, 0.4) is 0 Å². The Bertz CT molecular complexity index is 745. The van der Waals surface area contributed by atoms with Crippen LogP contribution in [-0.2, 0) is 10.0 Å². The molecule has 1 saturated heterocycles. The highest BCUT2D eigenvalue weighted by Gasteiger charge is 2.31. The maximum absolute atomic E-state index is 12.8. The molecule has 4 nitrogen and oxygen atoms in total. The molecule has 1 heterocycles. The average molecular weight is 349 g/mol. The first-order chi connectivity index (χ1) is 11.1. The van der Waals surface area contributed by atoms with E-state index in [9.17, 15) is 8.42 Å². The molecule has 0 N–H and O–H groups in total. The second-order valence-corrected chi connectivity index (χ2v) is 8.56. The fourth-order valence-electron chi connectivity index (χ4n) is 2.61. The highest BCUT2D eigenvalue weighted by molar-refractivity contribution is 7.99. The van der Waals surface area contributed by atoms with Crippen molar-refractivity contribution in [2.75, 3.05) is 26.0 Å². The zero-order valence-electron chi connectivity index (χ0n) is 12.9. The number of nitrogens with zero attached hydrogens (tertiary/aromatic N) is 1. The molecule has 1 aliphatic heterocycles. The maximum Gasteiger partial charge on any atom is 0.243 e. The molecule has 3 rings (SSSR count). The number of sulfonamides is 1. The van der Waals surface area contributed by atoms with Gasteiger partial charge in [0, 0.05) is 24.1 Å². The second kappa shape index (κ2) is 6.95. The molecule has 122 valence electrons. The van der Waals surface area contributed by atoms with E-state index in [0.29, 0.717) is 23.7 Å². The van der Waals surface area contributed by atoms with E-state index in [1.54, 1.807) is 35.7 Å². The first-order valence-corrected chi connectivity index (χ1v) is 9.91. The molecule has 0 bridgehead atoms. The van der Waals surface area contributed by atoms with Crippen molar-refractivity contribution in [2.24, 2.45) is 0 Å². The normalized spacial score (nSPS) is 19.4. The standard InChI is InChI=1S/C17H19NO3S2/c1-21-15-7-9-16(10-8-15)23(19,20)18-11-12-22-17(13-18)14-5-3-2-4-6-14/h2-10,17H,11-13H2,1H3. The van der Waals surface area contributed by atoms with Gasteiger partial charge in [-0.3, -0.25) is 0 Å². The lowest BCUT2D eigenvalue weighted by Crippen LogP contribution is -2.39. The molecule has 1 unspecified atom stereocenters. The predicted molar refractivity (Wildman–Crippen MR) is 93.4 cm³/mol. The monoisotopic (exact) mass is 349 g/mol.